The Morgan fingerprint density at radius 3 is 2.36 bits per heavy atom. The number of hydrogen-bond acceptors (Lipinski definition) is 5. The Bertz CT molecular complexity index is 1470. The van der Waals surface area contributed by atoms with Gasteiger partial charge in [-0.25, -0.2) is 4.39 Å². The third-order valence-electron chi connectivity index (χ3n) is 6.08. The number of fused-ring (bicyclic) bond motifs is 1. The van der Waals surface area contributed by atoms with Crippen LogP contribution in [0.3, 0.4) is 0 Å². The Morgan fingerprint density at radius 2 is 1.74 bits per heavy atom. The molecular weight excluding hydrogens is 633 g/mol. The number of rotatable bonds is 8. The summed E-state index contributed by atoms with van der Waals surface area (Å²) in [6.45, 7) is 14.2. The molecular formula is C29H37F2IN4O2S. The van der Waals surface area contributed by atoms with Gasteiger partial charge in [0, 0.05) is 0 Å². The Kier molecular flexibility index (Phi) is 12.2. The summed E-state index contributed by atoms with van der Waals surface area (Å²) in [5.74, 6) is -0.616. The summed E-state index contributed by atoms with van der Waals surface area (Å²) < 4.78 is 54.4. The van der Waals surface area contributed by atoms with Crippen molar-refractivity contribution < 1.29 is 16.4 Å². The van der Waals surface area contributed by atoms with Crippen LogP contribution in [-0.2, 0) is 9.49 Å². The molecule has 2 aromatic heterocycles. The van der Waals surface area contributed by atoms with E-state index < -0.39 is 18.7 Å². The molecule has 2 aromatic carbocycles. The molecule has 0 saturated heterocycles. The number of benzene rings is 2. The van der Waals surface area contributed by atoms with E-state index in [1.807, 2.05) is 46.8 Å². The van der Waals surface area contributed by atoms with E-state index in [1.165, 1.54) is 24.3 Å². The van der Waals surface area contributed by atoms with Crippen molar-refractivity contribution in [3.8, 4) is 11.3 Å². The van der Waals surface area contributed by atoms with E-state index in [4.69, 9.17) is 13.5 Å². The number of aryl methyl sites for hydroxylation is 1. The number of nitrogens with zero attached hydrogens (tertiary/aromatic N) is 1. The summed E-state index contributed by atoms with van der Waals surface area (Å²) >= 11 is -1.34. The first-order valence-electron chi connectivity index (χ1n) is 12.5. The standard InChI is InChI=1S/C27H29F2IN4O.C2H6.H2OS/c1-5-30(31,35)24-14-22(33-27(17(24)3)19-6-8-20(28)9-7-19)10-11-32-18(4)25-15-23-16(2)12-21(29)13-26(23)34-25;2*1-2/h6-9,12-15,32,34H,4-5,10-11H2,1-3H3,(H2,31,35);1-2H3;1-2H. The molecule has 0 amide bonds. The number of halogens is 3. The van der Waals surface area contributed by atoms with Crippen LogP contribution in [0.5, 0.6) is 0 Å². The maximum absolute atomic E-state index is 13.7. The van der Waals surface area contributed by atoms with E-state index >= 15 is 0 Å². The summed E-state index contributed by atoms with van der Waals surface area (Å²) in [4.78, 5) is 8.01. The number of pyridine rings is 1. The minimum atomic E-state index is -3.87. The van der Waals surface area contributed by atoms with E-state index in [-0.39, 0.29) is 11.6 Å². The van der Waals surface area contributed by atoms with E-state index in [1.54, 1.807) is 12.1 Å². The molecule has 0 spiro atoms. The molecule has 5 N–H and O–H groups in total. The van der Waals surface area contributed by atoms with E-state index in [9.17, 15) is 11.8 Å². The van der Waals surface area contributed by atoms with E-state index in [2.05, 4.69) is 29.8 Å². The van der Waals surface area contributed by atoms with Crippen LogP contribution >= 0.6 is 31.6 Å². The fourth-order valence-electron chi connectivity index (χ4n) is 4.09. The first kappa shape index (κ1) is 32.5. The van der Waals surface area contributed by atoms with Crippen LogP contribution in [0.15, 0.2) is 55.1 Å². The zero-order chi connectivity index (χ0) is 29.3. The number of nitrogens with two attached hydrogens (primary N) is 1. The van der Waals surface area contributed by atoms with Gasteiger partial charge >= 0.3 is 204 Å². The molecule has 4 rings (SSSR count). The van der Waals surface area contributed by atoms with Crippen LogP contribution in [0.4, 0.5) is 8.78 Å². The molecule has 0 radical (unpaired) electrons. The number of aromatic nitrogens is 2. The Balaban J connectivity index is 0.00000127. The summed E-state index contributed by atoms with van der Waals surface area (Å²) in [6.07, 6.45) is 0.537. The van der Waals surface area contributed by atoms with Gasteiger partial charge in [0.1, 0.15) is 0 Å². The molecule has 4 aromatic rings. The SMILES string of the molecule is C=C(NCCc1cc(I(N)(=O)CC)c(C)c(-c2ccc(F)cc2)n1)c1cc2c(C)cc(F)cc2[nH]1.CC.OS. The van der Waals surface area contributed by atoms with Crippen LogP contribution in [-0.4, -0.2) is 25.5 Å². The smallest absolute Gasteiger partial charge is 0.0295 e. The quantitative estimate of drug-likeness (QED) is 0.0433. The Hall–Kier alpha value is -2.67. The summed E-state index contributed by atoms with van der Waals surface area (Å²) in [6, 6.07) is 12.9. The van der Waals surface area contributed by atoms with Crippen molar-refractivity contribution in [2.75, 3.05) is 11.0 Å². The maximum Gasteiger partial charge on any atom is -0.0295 e. The zero-order valence-electron chi connectivity index (χ0n) is 22.9. The predicted octanol–water partition coefficient (Wildman–Crippen LogP) is 7.79. The number of nitrogens with one attached hydrogen (secondary N) is 2. The van der Waals surface area contributed by atoms with Crippen LogP contribution in [0, 0.1) is 29.1 Å². The van der Waals surface area contributed by atoms with Crippen molar-refractivity contribution in [1.29, 1.82) is 0 Å². The van der Waals surface area contributed by atoms with Gasteiger partial charge in [-0.2, -0.15) is 0 Å². The first-order chi connectivity index (χ1) is 18.6. The first-order valence-corrected chi connectivity index (χ1v) is 17.6. The van der Waals surface area contributed by atoms with Gasteiger partial charge in [0.05, 0.1) is 0 Å². The molecule has 0 bridgehead atoms. The van der Waals surface area contributed by atoms with Gasteiger partial charge in [0.2, 0.25) is 0 Å². The molecule has 0 aliphatic heterocycles. The number of thiol groups is 1. The zero-order valence-corrected chi connectivity index (χ0v) is 26.0. The fourth-order valence-corrected chi connectivity index (χ4v) is 7.43. The van der Waals surface area contributed by atoms with Crippen molar-refractivity contribution >= 4 is 48.2 Å². The van der Waals surface area contributed by atoms with Gasteiger partial charge in [-0.15, -0.1) is 0 Å². The van der Waals surface area contributed by atoms with Gasteiger partial charge < -0.3 is 4.55 Å². The molecule has 39 heavy (non-hydrogen) atoms. The second kappa shape index (κ2) is 14.6. The maximum atomic E-state index is 13.7. The Morgan fingerprint density at radius 1 is 1.10 bits per heavy atom. The average molecular weight is 671 g/mol. The summed E-state index contributed by atoms with van der Waals surface area (Å²) in [5.41, 5.74) is 5.94. The molecule has 0 fully saturated rings. The molecule has 6 nitrogen and oxygen atoms in total. The van der Waals surface area contributed by atoms with Gasteiger partial charge in [0.15, 0.2) is 0 Å². The van der Waals surface area contributed by atoms with Crippen LogP contribution < -0.4 is 9.26 Å². The van der Waals surface area contributed by atoms with Crippen molar-refractivity contribution in [3.63, 3.8) is 0 Å². The second-order valence-electron chi connectivity index (χ2n) is 8.54. The van der Waals surface area contributed by atoms with Crippen LogP contribution in [0.1, 0.15) is 43.3 Å². The number of hydrogen-bond donors (Lipinski definition) is 5. The molecule has 1 unspecified atom stereocenters. The molecule has 0 saturated carbocycles. The van der Waals surface area contributed by atoms with Crippen molar-refractivity contribution in [3.05, 3.63) is 92.8 Å². The minimum Gasteiger partial charge on any atom is -0.333 e. The topological polar surface area (TPSA) is 104 Å². The minimum absolute atomic E-state index is 0.286. The van der Waals surface area contributed by atoms with Crippen molar-refractivity contribution in [1.82, 2.24) is 15.3 Å². The fraction of sp³-hybridized carbons (Fsp3) is 0.276. The monoisotopic (exact) mass is 670 g/mol. The molecule has 2 heterocycles. The van der Waals surface area contributed by atoms with Gasteiger partial charge in [-0.05, 0) is 12.9 Å². The predicted molar refractivity (Wildman–Crippen MR) is 169 cm³/mol. The van der Waals surface area contributed by atoms with Gasteiger partial charge in [-0.1, -0.05) is 13.8 Å². The van der Waals surface area contributed by atoms with Crippen LogP contribution in [0.2, 0.25) is 0 Å². The Labute approximate surface area is 239 Å². The van der Waals surface area contributed by atoms with Gasteiger partial charge in [-0.3, -0.25) is 0 Å². The van der Waals surface area contributed by atoms with Gasteiger partial charge in [0.25, 0.3) is 0 Å². The normalized spacial score (nSPS) is 12.9. The summed E-state index contributed by atoms with van der Waals surface area (Å²) in [5, 5.41) is 4.24. The van der Waals surface area contributed by atoms with Crippen molar-refractivity contribution in [2.45, 2.75) is 41.0 Å². The molecule has 212 valence electrons. The largest absolute Gasteiger partial charge is 0.333 e. The summed E-state index contributed by atoms with van der Waals surface area (Å²) in [7, 11) is 0. The molecule has 0 aliphatic rings. The second-order valence-corrected chi connectivity index (χ2v) is 15.1. The third-order valence-corrected chi connectivity index (χ3v) is 11.4. The van der Waals surface area contributed by atoms with Crippen molar-refractivity contribution in [2.24, 2.45) is 3.95 Å². The average Bonchev–Trinajstić information content (AvgIpc) is 3.37. The van der Waals surface area contributed by atoms with E-state index in [0.717, 1.165) is 39.0 Å². The molecule has 1 atom stereocenters. The molecule has 0 aliphatic carbocycles. The van der Waals surface area contributed by atoms with Crippen LogP contribution in [0.25, 0.3) is 27.9 Å². The third kappa shape index (κ3) is 7.93. The molecule has 10 heteroatoms. The number of aromatic amines is 1. The van der Waals surface area contributed by atoms with E-state index in [0.29, 0.717) is 32.4 Å². The number of H-pyrrole nitrogens is 1. The number of alkyl halides is 1.